The first-order valence-corrected chi connectivity index (χ1v) is 8.79. The molecule has 7 heteroatoms. The van der Waals surface area contributed by atoms with E-state index in [1.807, 2.05) is 13.8 Å². The molecule has 114 valence electrons. The van der Waals surface area contributed by atoms with Gasteiger partial charge in [-0.3, -0.25) is 0 Å². The van der Waals surface area contributed by atoms with E-state index in [2.05, 4.69) is 15.9 Å². The first kappa shape index (κ1) is 17.4. The van der Waals surface area contributed by atoms with Crippen LogP contribution in [0.25, 0.3) is 0 Å². The van der Waals surface area contributed by atoms with Crippen LogP contribution in [0.15, 0.2) is 27.6 Å². The maximum absolute atomic E-state index is 12.7. The summed E-state index contributed by atoms with van der Waals surface area (Å²) in [5.41, 5.74) is 6.13. The van der Waals surface area contributed by atoms with Gasteiger partial charge >= 0.3 is 0 Å². The number of anilines is 1. The summed E-state index contributed by atoms with van der Waals surface area (Å²) in [6.07, 6.45) is 1.39. The van der Waals surface area contributed by atoms with E-state index in [1.165, 1.54) is 16.4 Å². The van der Waals surface area contributed by atoms with E-state index in [0.717, 1.165) is 0 Å². The van der Waals surface area contributed by atoms with Crippen molar-refractivity contribution in [2.45, 2.75) is 37.6 Å². The normalized spacial score (nSPS) is 12.3. The minimum Gasteiger partial charge on any atom is -0.398 e. The van der Waals surface area contributed by atoms with E-state index in [0.29, 0.717) is 23.0 Å². The molecule has 20 heavy (non-hydrogen) atoms. The Bertz CT molecular complexity index is 545. The van der Waals surface area contributed by atoms with E-state index in [9.17, 15) is 8.42 Å². The van der Waals surface area contributed by atoms with Crippen molar-refractivity contribution in [3.05, 3.63) is 22.7 Å². The molecule has 0 aliphatic rings. The molecule has 0 radical (unpaired) electrons. The van der Waals surface area contributed by atoms with Crippen LogP contribution in [0.1, 0.15) is 26.7 Å². The predicted molar refractivity (Wildman–Crippen MR) is 83.9 cm³/mol. The highest BCUT2D eigenvalue weighted by Crippen LogP contribution is 2.26. The Morgan fingerprint density at radius 3 is 2.40 bits per heavy atom. The highest BCUT2D eigenvalue weighted by Gasteiger charge is 2.29. The van der Waals surface area contributed by atoms with Crippen LogP contribution in [0.3, 0.4) is 0 Å². The van der Waals surface area contributed by atoms with Gasteiger partial charge in [0.1, 0.15) is 0 Å². The third-order valence-electron chi connectivity index (χ3n) is 3.24. The van der Waals surface area contributed by atoms with Gasteiger partial charge < -0.3 is 10.8 Å². The number of hydrogen-bond acceptors (Lipinski definition) is 4. The van der Waals surface area contributed by atoms with Gasteiger partial charge in [-0.2, -0.15) is 4.31 Å². The van der Waals surface area contributed by atoms with Crippen molar-refractivity contribution < 1.29 is 13.5 Å². The number of sulfonamides is 1. The molecule has 0 aliphatic carbocycles. The average Bonchev–Trinajstić information content (AvgIpc) is 2.42. The lowest BCUT2D eigenvalue weighted by molar-refractivity contribution is 0.219. The summed E-state index contributed by atoms with van der Waals surface area (Å²) < 4.78 is 27.4. The molecule has 1 aromatic rings. The second-order valence-corrected chi connectivity index (χ2v) is 7.24. The second-order valence-electron chi connectivity index (χ2n) is 4.49. The summed E-state index contributed by atoms with van der Waals surface area (Å²) in [7, 11) is -3.65. The van der Waals surface area contributed by atoms with Gasteiger partial charge in [-0.1, -0.05) is 13.8 Å². The Balaban J connectivity index is 3.24. The Hall–Kier alpha value is -0.630. The zero-order chi connectivity index (χ0) is 15.3. The van der Waals surface area contributed by atoms with Crippen molar-refractivity contribution >= 4 is 31.6 Å². The number of rotatable bonds is 7. The molecule has 1 aromatic carbocycles. The zero-order valence-electron chi connectivity index (χ0n) is 11.7. The SMILES string of the molecule is CCC(CC)N(CCO)S(=O)(=O)c1ccc(Br)c(N)c1. The number of aliphatic hydroxyl groups excluding tert-OH is 1. The lowest BCUT2D eigenvalue weighted by Gasteiger charge is -2.29. The molecule has 5 nitrogen and oxygen atoms in total. The van der Waals surface area contributed by atoms with Gasteiger partial charge in [-0.25, -0.2) is 8.42 Å². The van der Waals surface area contributed by atoms with Crippen LogP contribution in [-0.2, 0) is 10.0 Å². The zero-order valence-corrected chi connectivity index (χ0v) is 14.1. The summed E-state index contributed by atoms with van der Waals surface area (Å²) >= 11 is 3.25. The summed E-state index contributed by atoms with van der Waals surface area (Å²) in [5.74, 6) is 0. The molecule has 0 aliphatic heterocycles. The second kappa shape index (κ2) is 7.40. The molecule has 0 spiro atoms. The first-order chi connectivity index (χ1) is 9.38. The van der Waals surface area contributed by atoms with Crippen molar-refractivity contribution in [1.29, 1.82) is 0 Å². The molecular weight excluding hydrogens is 344 g/mol. The number of aliphatic hydroxyl groups is 1. The quantitative estimate of drug-likeness (QED) is 0.726. The number of nitrogens with zero attached hydrogens (tertiary/aromatic N) is 1. The highest BCUT2D eigenvalue weighted by atomic mass is 79.9. The summed E-state index contributed by atoms with van der Waals surface area (Å²) in [4.78, 5) is 0.151. The lowest BCUT2D eigenvalue weighted by atomic mass is 10.2. The van der Waals surface area contributed by atoms with Crippen LogP contribution < -0.4 is 5.73 Å². The van der Waals surface area contributed by atoms with Crippen molar-refractivity contribution in [3.63, 3.8) is 0 Å². The van der Waals surface area contributed by atoms with E-state index < -0.39 is 10.0 Å². The van der Waals surface area contributed by atoms with Crippen LogP contribution in [-0.4, -0.2) is 37.0 Å². The van der Waals surface area contributed by atoms with Crippen molar-refractivity contribution in [2.75, 3.05) is 18.9 Å². The number of nitrogen functional groups attached to an aromatic ring is 1. The Morgan fingerprint density at radius 2 is 1.95 bits per heavy atom. The van der Waals surface area contributed by atoms with Gasteiger partial charge in [0.05, 0.1) is 11.5 Å². The maximum atomic E-state index is 12.7. The fourth-order valence-electron chi connectivity index (χ4n) is 2.11. The molecular formula is C13H21BrN2O3S. The summed E-state index contributed by atoms with van der Waals surface area (Å²) in [5, 5.41) is 9.15. The van der Waals surface area contributed by atoms with Crippen LogP contribution in [0.5, 0.6) is 0 Å². The number of halogens is 1. The van der Waals surface area contributed by atoms with Gasteiger partial charge in [0.15, 0.2) is 0 Å². The van der Waals surface area contributed by atoms with Crippen LogP contribution in [0.2, 0.25) is 0 Å². The van der Waals surface area contributed by atoms with Gasteiger partial charge in [0.2, 0.25) is 10.0 Å². The van der Waals surface area contributed by atoms with Crippen LogP contribution in [0.4, 0.5) is 5.69 Å². The molecule has 0 heterocycles. The average molecular weight is 365 g/mol. The molecule has 0 atom stereocenters. The third kappa shape index (κ3) is 3.72. The largest absolute Gasteiger partial charge is 0.398 e. The highest BCUT2D eigenvalue weighted by molar-refractivity contribution is 9.10. The van der Waals surface area contributed by atoms with E-state index in [4.69, 9.17) is 10.8 Å². The molecule has 1 rings (SSSR count). The lowest BCUT2D eigenvalue weighted by Crippen LogP contribution is -2.41. The Kier molecular flexibility index (Phi) is 6.44. The molecule has 0 saturated heterocycles. The maximum Gasteiger partial charge on any atom is 0.243 e. The van der Waals surface area contributed by atoms with Gasteiger partial charge in [-0.05, 0) is 47.0 Å². The monoisotopic (exact) mass is 364 g/mol. The van der Waals surface area contributed by atoms with Crippen molar-refractivity contribution in [2.24, 2.45) is 0 Å². The number of benzene rings is 1. The fourth-order valence-corrected chi connectivity index (χ4v) is 4.16. The predicted octanol–water partition coefficient (Wildman–Crippen LogP) is 2.20. The minimum atomic E-state index is -3.65. The van der Waals surface area contributed by atoms with E-state index in [-0.39, 0.29) is 24.1 Å². The fraction of sp³-hybridized carbons (Fsp3) is 0.538. The number of nitrogens with two attached hydrogens (primary N) is 1. The molecule has 0 saturated carbocycles. The van der Waals surface area contributed by atoms with E-state index in [1.54, 1.807) is 6.07 Å². The first-order valence-electron chi connectivity index (χ1n) is 6.56. The summed E-state index contributed by atoms with van der Waals surface area (Å²) in [6.45, 7) is 3.75. The Morgan fingerprint density at radius 1 is 1.35 bits per heavy atom. The minimum absolute atomic E-state index is 0.0879. The van der Waals surface area contributed by atoms with Gasteiger partial charge in [0.25, 0.3) is 0 Å². The number of hydrogen-bond donors (Lipinski definition) is 2. The van der Waals surface area contributed by atoms with Crippen LogP contribution >= 0.6 is 15.9 Å². The molecule has 3 N–H and O–H groups in total. The van der Waals surface area contributed by atoms with Gasteiger partial charge in [-0.15, -0.1) is 0 Å². The topological polar surface area (TPSA) is 83.6 Å². The molecule has 0 fully saturated rings. The van der Waals surface area contributed by atoms with Crippen molar-refractivity contribution in [3.8, 4) is 0 Å². The van der Waals surface area contributed by atoms with Crippen molar-refractivity contribution in [1.82, 2.24) is 4.31 Å². The van der Waals surface area contributed by atoms with Gasteiger partial charge in [0, 0.05) is 22.7 Å². The molecule has 0 amide bonds. The third-order valence-corrected chi connectivity index (χ3v) is 5.91. The van der Waals surface area contributed by atoms with Crippen LogP contribution in [0, 0.1) is 0 Å². The molecule has 0 aromatic heterocycles. The summed E-state index contributed by atoms with van der Waals surface area (Å²) in [6, 6.07) is 4.44. The Labute approximate surface area is 129 Å². The smallest absolute Gasteiger partial charge is 0.243 e. The molecule has 0 unspecified atom stereocenters. The molecule has 0 bridgehead atoms. The standard InChI is InChI=1S/C13H21BrN2O3S/c1-3-10(4-2)16(7-8-17)20(18,19)11-5-6-12(14)13(15)9-11/h5-6,9-10,17H,3-4,7-8,15H2,1-2H3. The van der Waals surface area contributed by atoms with E-state index >= 15 is 0 Å².